The van der Waals surface area contributed by atoms with Crippen molar-refractivity contribution in [2.75, 3.05) is 32.8 Å². The number of carbonyl (C=O) groups is 1. The molecule has 124 valence electrons. The number of amides is 1. The normalized spacial score (nSPS) is 16.8. The molecule has 1 aromatic carbocycles. The van der Waals surface area contributed by atoms with Gasteiger partial charge in [0.1, 0.15) is 0 Å². The summed E-state index contributed by atoms with van der Waals surface area (Å²) in [4.78, 5) is 14.7. The van der Waals surface area contributed by atoms with E-state index in [1.807, 2.05) is 0 Å². The van der Waals surface area contributed by atoms with Gasteiger partial charge in [-0.1, -0.05) is 13.8 Å². The Morgan fingerprint density at radius 1 is 1.30 bits per heavy atom. The maximum atomic E-state index is 12.3. The maximum absolute atomic E-state index is 12.3. The van der Waals surface area contributed by atoms with Crippen LogP contribution in [0.4, 0.5) is 0 Å². The van der Waals surface area contributed by atoms with Crippen molar-refractivity contribution in [1.29, 1.82) is 5.26 Å². The van der Waals surface area contributed by atoms with Crippen molar-refractivity contribution in [3.05, 3.63) is 35.4 Å². The van der Waals surface area contributed by atoms with Crippen molar-refractivity contribution in [3.63, 3.8) is 0 Å². The second-order valence-corrected chi connectivity index (χ2v) is 6.33. The molecule has 1 N–H and O–H groups in total. The van der Waals surface area contributed by atoms with Crippen LogP contribution in [0.3, 0.4) is 0 Å². The zero-order valence-corrected chi connectivity index (χ0v) is 13.9. The lowest BCUT2D eigenvalue weighted by Crippen LogP contribution is -2.49. The maximum Gasteiger partial charge on any atom is 0.251 e. The minimum atomic E-state index is -0.0866. The number of nitriles is 1. The summed E-state index contributed by atoms with van der Waals surface area (Å²) in [7, 11) is 0. The topological polar surface area (TPSA) is 65.4 Å². The SMILES string of the molecule is CC(C)C[C@H](CNC(=O)c1ccc(C#N)cc1)N1CCOCC1. The van der Waals surface area contributed by atoms with Gasteiger partial charge in [0.25, 0.3) is 5.91 Å². The fraction of sp³-hybridized carbons (Fsp3) is 0.556. The lowest BCUT2D eigenvalue weighted by atomic mass is 10.0. The van der Waals surface area contributed by atoms with Gasteiger partial charge in [-0.05, 0) is 36.6 Å². The summed E-state index contributed by atoms with van der Waals surface area (Å²) in [5, 5.41) is 11.8. The Morgan fingerprint density at radius 2 is 1.96 bits per heavy atom. The number of ether oxygens (including phenoxy) is 1. The molecule has 2 rings (SSSR count). The van der Waals surface area contributed by atoms with E-state index in [-0.39, 0.29) is 5.91 Å². The van der Waals surface area contributed by atoms with Crippen molar-refractivity contribution in [3.8, 4) is 6.07 Å². The molecule has 0 bridgehead atoms. The molecule has 0 aromatic heterocycles. The van der Waals surface area contributed by atoms with Crippen LogP contribution in [0, 0.1) is 17.2 Å². The molecule has 1 aliphatic heterocycles. The highest BCUT2D eigenvalue weighted by Crippen LogP contribution is 2.13. The van der Waals surface area contributed by atoms with Gasteiger partial charge in [-0.3, -0.25) is 9.69 Å². The van der Waals surface area contributed by atoms with Gasteiger partial charge in [-0.25, -0.2) is 0 Å². The molecule has 1 heterocycles. The fourth-order valence-corrected chi connectivity index (χ4v) is 2.86. The number of nitrogens with zero attached hydrogens (tertiary/aromatic N) is 2. The van der Waals surface area contributed by atoms with Crippen LogP contribution in [-0.2, 0) is 4.74 Å². The number of rotatable bonds is 6. The summed E-state index contributed by atoms with van der Waals surface area (Å²) in [6.45, 7) is 8.41. The van der Waals surface area contributed by atoms with Crippen molar-refractivity contribution in [2.24, 2.45) is 5.92 Å². The zero-order chi connectivity index (χ0) is 16.7. The molecule has 1 fully saturated rings. The number of carbonyl (C=O) groups excluding carboxylic acids is 1. The Labute approximate surface area is 138 Å². The molecule has 5 nitrogen and oxygen atoms in total. The standard InChI is InChI=1S/C18H25N3O2/c1-14(2)11-17(21-7-9-23-10-8-21)13-20-18(22)16-5-3-15(12-19)4-6-16/h3-6,14,17H,7-11,13H2,1-2H3,(H,20,22)/t17-/m1/s1. The minimum absolute atomic E-state index is 0.0866. The Morgan fingerprint density at radius 3 is 2.52 bits per heavy atom. The van der Waals surface area contributed by atoms with Crippen LogP contribution >= 0.6 is 0 Å². The van der Waals surface area contributed by atoms with Gasteiger partial charge in [-0.15, -0.1) is 0 Å². The number of hydrogen-bond donors (Lipinski definition) is 1. The molecule has 0 radical (unpaired) electrons. The highest BCUT2D eigenvalue weighted by molar-refractivity contribution is 5.94. The first kappa shape index (κ1) is 17.5. The first-order valence-corrected chi connectivity index (χ1v) is 8.20. The molecule has 1 atom stereocenters. The van der Waals surface area contributed by atoms with Crippen molar-refractivity contribution >= 4 is 5.91 Å². The predicted octanol–water partition coefficient (Wildman–Crippen LogP) is 2.03. The Hall–Kier alpha value is -1.90. The summed E-state index contributed by atoms with van der Waals surface area (Å²) in [5.41, 5.74) is 1.15. The predicted molar refractivity (Wildman–Crippen MR) is 89.1 cm³/mol. The first-order valence-electron chi connectivity index (χ1n) is 8.20. The van der Waals surface area contributed by atoms with E-state index >= 15 is 0 Å². The molecule has 1 amide bonds. The van der Waals surface area contributed by atoms with Crippen LogP contribution in [-0.4, -0.2) is 49.7 Å². The van der Waals surface area contributed by atoms with Crippen molar-refractivity contribution < 1.29 is 9.53 Å². The zero-order valence-electron chi connectivity index (χ0n) is 13.9. The van der Waals surface area contributed by atoms with Crippen molar-refractivity contribution in [1.82, 2.24) is 10.2 Å². The van der Waals surface area contributed by atoms with E-state index in [9.17, 15) is 4.79 Å². The molecule has 23 heavy (non-hydrogen) atoms. The molecule has 0 saturated carbocycles. The molecular formula is C18H25N3O2. The molecule has 0 spiro atoms. The molecule has 1 aromatic rings. The Kier molecular flexibility index (Phi) is 6.57. The van der Waals surface area contributed by atoms with Gasteiger partial charge in [0.2, 0.25) is 0 Å². The minimum Gasteiger partial charge on any atom is -0.379 e. The summed E-state index contributed by atoms with van der Waals surface area (Å²) in [5.74, 6) is 0.492. The summed E-state index contributed by atoms with van der Waals surface area (Å²) >= 11 is 0. The average molecular weight is 315 g/mol. The number of benzene rings is 1. The fourth-order valence-electron chi connectivity index (χ4n) is 2.86. The van der Waals surface area contributed by atoms with Gasteiger partial charge < -0.3 is 10.1 Å². The van der Waals surface area contributed by atoms with Crippen LogP contribution in [0.2, 0.25) is 0 Å². The first-order chi connectivity index (χ1) is 11.1. The quantitative estimate of drug-likeness (QED) is 0.872. The third-order valence-electron chi connectivity index (χ3n) is 4.08. The molecule has 1 aliphatic rings. The van der Waals surface area contributed by atoms with E-state index in [0.717, 1.165) is 32.7 Å². The summed E-state index contributed by atoms with van der Waals surface area (Å²) in [6.07, 6.45) is 1.05. The lowest BCUT2D eigenvalue weighted by molar-refractivity contribution is 0.0124. The highest BCUT2D eigenvalue weighted by atomic mass is 16.5. The highest BCUT2D eigenvalue weighted by Gasteiger charge is 2.22. The lowest BCUT2D eigenvalue weighted by Gasteiger charge is -2.35. The van der Waals surface area contributed by atoms with Gasteiger partial charge in [0, 0.05) is 31.2 Å². The van der Waals surface area contributed by atoms with Gasteiger partial charge >= 0.3 is 0 Å². The van der Waals surface area contributed by atoms with E-state index in [2.05, 4.69) is 30.1 Å². The number of hydrogen-bond acceptors (Lipinski definition) is 4. The van der Waals surface area contributed by atoms with Crippen LogP contribution in [0.25, 0.3) is 0 Å². The third-order valence-corrected chi connectivity index (χ3v) is 4.08. The smallest absolute Gasteiger partial charge is 0.251 e. The molecule has 1 saturated heterocycles. The molecule has 5 heteroatoms. The summed E-state index contributed by atoms with van der Waals surface area (Å²) < 4.78 is 5.42. The van der Waals surface area contributed by atoms with E-state index in [0.29, 0.717) is 29.6 Å². The van der Waals surface area contributed by atoms with Crippen LogP contribution < -0.4 is 5.32 Å². The average Bonchev–Trinajstić information content (AvgIpc) is 2.59. The van der Waals surface area contributed by atoms with Gasteiger partial charge in [0.05, 0.1) is 24.8 Å². The molecular weight excluding hydrogens is 290 g/mol. The molecule has 0 unspecified atom stereocenters. The van der Waals surface area contributed by atoms with E-state index in [1.165, 1.54) is 0 Å². The van der Waals surface area contributed by atoms with Crippen molar-refractivity contribution in [2.45, 2.75) is 26.3 Å². The van der Waals surface area contributed by atoms with Crippen LogP contribution in [0.1, 0.15) is 36.2 Å². The van der Waals surface area contributed by atoms with Crippen LogP contribution in [0.5, 0.6) is 0 Å². The largest absolute Gasteiger partial charge is 0.379 e. The number of nitrogens with one attached hydrogen (secondary N) is 1. The second kappa shape index (κ2) is 8.66. The van der Waals surface area contributed by atoms with E-state index < -0.39 is 0 Å². The Bertz CT molecular complexity index is 542. The van der Waals surface area contributed by atoms with Crippen LogP contribution in [0.15, 0.2) is 24.3 Å². The Balaban J connectivity index is 1.93. The third kappa shape index (κ3) is 5.34. The monoisotopic (exact) mass is 315 g/mol. The second-order valence-electron chi connectivity index (χ2n) is 6.33. The van der Waals surface area contributed by atoms with Gasteiger partial charge in [-0.2, -0.15) is 5.26 Å². The summed E-state index contributed by atoms with van der Waals surface area (Å²) in [6, 6.07) is 9.12. The van der Waals surface area contributed by atoms with Gasteiger partial charge in [0.15, 0.2) is 0 Å². The van der Waals surface area contributed by atoms with E-state index in [1.54, 1.807) is 24.3 Å². The number of morpholine rings is 1. The molecule has 0 aliphatic carbocycles. The van der Waals surface area contributed by atoms with E-state index in [4.69, 9.17) is 10.00 Å².